The van der Waals surface area contributed by atoms with Gasteiger partial charge in [0.2, 0.25) is 15.9 Å². The molecule has 0 aromatic heterocycles. The number of rotatable bonds is 5. The van der Waals surface area contributed by atoms with Crippen molar-refractivity contribution < 1.29 is 17.9 Å². The van der Waals surface area contributed by atoms with Gasteiger partial charge in [-0.3, -0.25) is 4.79 Å². The second-order valence-corrected chi connectivity index (χ2v) is 8.93. The minimum absolute atomic E-state index is 0.0741. The first kappa shape index (κ1) is 20.4. The average Bonchev–Trinajstić information content (AvgIpc) is 3.05. The molecule has 1 fully saturated rings. The predicted molar refractivity (Wildman–Crippen MR) is 107 cm³/mol. The largest absolute Gasteiger partial charge is 0.497 e. The maximum atomic E-state index is 13.4. The van der Waals surface area contributed by atoms with Crippen LogP contribution in [0.25, 0.3) is 0 Å². The van der Waals surface area contributed by atoms with Gasteiger partial charge in [0, 0.05) is 19.0 Å². The summed E-state index contributed by atoms with van der Waals surface area (Å²) in [5, 5.41) is 0. The van der Waals surface area contributed by atoms with Crippen LogP contribution in [0.2, 0.25) is 0 Å². The number of amides is 1. The molecule has 3 rings (SSSR count). The lowest BCUT2D eigenvalue weighted by atomic mass is 10.1. The van der Waals surface area contributed by atoms with Gasteiger partial charge in [0.05, 0.1) is 12.0 Å². The molecule has 0 aliphatic carbocycles. The fourth-order valence-electron chi connectivity index (χ4n) is 3.57. The molecule has 1 amide bonds. The maximum absolute atomic E-state index is 13.4. The Morgan fingerprint density at radius 3 is 2.25 bits per heavy atom. The highest BCUT2D eigenvalue weighted by Gasteiger charge is 2.46. The molecular weight excluding hydrogens is 376 g/mol. The van der Waals surface area contributed by atoms with Crippen molar-refractivity contribution in [3.8, 4) is 5.75 Å². The van der Waals surface area contributed by atoms with Gasteiger partial charge in [0.1, 0.15) is 11.9 Å². The highest BCUT2D eigenvalue weighted by Crippen LogP contribution is 2.38. The van der Waals surface area contributed by atoms with Crippen molar-refractivity contribution >= 4 is 15.9 Å². The first-order valence-electron chi connectivity index (χ1n) is 9.33. The van der Waals surface area contributed by atoms with Gasteiger partial charge in [-0.05, 0) is 43.7 Å². The van der Waals surface area contributed by atoms with Crippen molar-refractivity contribution in [3.63, 3.8) is 0 Å². The zero-order valence-electron chi connectivity index (χ0n) is 16.6. The number of ether oxygens (including phenoxy) is 1. The predicted octanol–water partition coefficient (Wildman–Crippen LogP) is 3.33. The van der Waals surface area contributed by atoms with Crippen molar-refractivity contribution in [2.75, 3.05) is 13.7 Å². The number of nitrogens with zero attached hydrogens (tertiary/aromatic N) is 2. The van der Waals surface area contributed by atoms with E-state index in [9.17, 15) is 13.2 Å². The molecule has 2 aromatic rings. The smallest absolute Gasteiger partial charge is 0.245 e. The Morgan fingerprint density at radius 2 is 1.71 bits per heavy atom. The third kappa shape index (κ3) is 3.64. The van der Waals surface area contributed by atoms with Gasteiger partial charge < -0.3 is 9.64 Å². The van der Waals surface area contributed by atoms with Gasteiger partial charge in [-0.15, -0.1) is 0 Å². The van der Waals surface area contributed by atoms with E-state index in [1.165, 1.54) is 4.31 Å². The van der Waals surface area contributed by atoms with Gasteiger partial charge in [0.15, 0.2) is 0 Å². The van der Waals surface area contributed by atoms with E-state index < -0.39 is 16.2 Å². The summed E-state index contributed by atoms with van der Waals surface area (Å²) in [6, 6.07) is 13.8. The van der Waals surface area contributed by atoms with E-state index in [1.807, 2.05) is 26.0 Å². The van der Waals surface area contributed by atoms with E-state index in [4.69, 9.17) is 4.74 Å². The molecule has 1 heterocycles. The molecule has 0 N–H and O–H groups in total. The lowest BCUT2D eigenvalue weighted by Crippen LogP contribution is -2.39. The van der Waals surface area contributed by atoms with Crippen molar-refractivity contribution in [1.82, 2.24) is 9.21 Å². The van der Waals surface area contributed by atoms with Crippen LogP contribution in [0.1, 0.15) is 37.6 Å². The second-order valence-electron chi connectivity index (χ2n) is 7.04. The minimum atomic E-state index is -3.77. The molecule has 1 aliphatic rings. The molecule has 7 heteroatoms. The lowest BCUT2D eigenvalue weighted by molar-refractivity contribution is -0.134. The quantitative estimate of drug-likeness (QED) is 0.769. The van der Waals surface area contributed by atoms with Crippen molar-refractivity contribution in [2.24, 2.45) is 0 Å². The molecular formula is C21H26N2O4S. The molecule has 6 nitrogen and oxygen atoms in total. The number of sulfonamides is 1. The fraction of sp³-hybridized carbons (Fsp3) is 0.381. The van der Waals surface area contributed by atoms with Gasteiger partial charge in [-0.2, -0.15) is 4.31 Å². The summed E-state index contributed by atoms with van der Waals surface area (Å²) >= 11 is 0. The number of hydrogen-bond acceptors (Lipinski definition) is 4. The Balaban J connectivity index is 2.09. The van der Waals surface area contributed by atoms with E-state index in [0.717, 1.165) is 11.1 Å². The van der Waals surface area contributed by atoms with Crippen LogP contribution in [0, 0.1) is 6.92 Å². The Bertz CT molecular complexity index is 939. The van der Waals surface area contributed by atoms with E-state index in [-0.39, 0.29) is 23.4 Å². The Labute approximate surface area is 166 Å². The summed E-state index contributed by atoms with van der Waals surface area (Å²) in [6.07, 6.45) is -0.366. The molecule has 0 unspecified atom stereocenters. The number of methoxy groups -OCH3 is 1. The van der Waals surface area contributed by atoms with Crippen molar-refractivity contribution in [1.29, 1.82) is 0 Å². The summed E-state index contributed by atoms with van der Waals surface area (Å²) in [6.45, 7) is 5.83. The molecule has 1 saturated heterocycles. The number of hydrogen-bond donors (Lipinski definition) is 0. The zero-order valence-corrected chi connectivity index (χ0v) is 17.4. The summed E-state index contributed by atoms with van der Waals surface area (Å²) in [7, 11) is -2.19. The monoisotopic (exact) mass is 402 g/mol. The lowest BCUT2D eigenvalue weighted by Gasteiger charge is -2.31. The van der Waals surface area contributed by atoms with Gasteiger partial charge >= 0.3 is 0 Å². The van der Waals surface area contributed by atoms with Gasteiger partial charge in [-0.1, -0.05) is 36.8 Å². The summed E-state index contributed by atoms with van der Waals surface area (Å²) in [5.41, 5.74) is 1.73. The first-order chi connectivity index (χ1) is 13.3. The maximum Gasteiger partial charge on any atom is 0.245 e. The fourth-order valence-corrected chi connectivity index (χ4v) is 5.22. The summed E-state index contributed by atoms with van der Waals surface area (Å²) < 4.78 is 33.5. The molecule has 150 valence electrons. The topological polar surface area (TPSA) is 66.9 Å². The van der Waals surface area contributed by atoms with E-state index in [1.54, 1.807) is 55.3 Å². The van der Waals surface area contributed by atoms with Crippen LogP contribution in [-0.4, -0.2) is 43.2 Å². The molecule has 1 aliphatic heterocycles. The highest BCUT2D eigenvalue weighted by molar-refractivity contribution is 7.89. The van der Waals surface area contributed by atoms with Crippen molar-refractivity contribution in [2.45, 2.75) is 44.3 Å². The van der Waals surface area contributed by atoms with Crippen LogP contribution in [0.4, 0.5) is 0 Å². The number of carbonyl (C=O) groups is 1. The van der Waals surface area contributed by atoms with Crippen LogP contribution in [0.15, 0.2) is 53.4 Å². The first-order valence-corrected chi connectivity index (χ1v) is 10.8. The Kier molecular flexibility index (Phi) is 5.76. The standard InChI is InChI=1S/C21H26N2O4S/c1-5-20(24)23-16(3)14-22(21(23)17-8-10-18(27-4)11-9-17)28(25,26)19-12-6-15(2)7-13-19/h6-13,16,21H,5,14H2,1-4H3/t16-,21-/m0/s1. The average molecular weight is 403 g/mol. The van der Waals surface area contributed by atoms with Gasteiger partial charge in [0.25, 0.3) is 0 Å². The zero-order chi connectivity index (χ0) is 20.5. The molecule has 0 spiro atoms. The molecule has 0 saturated carbocycles. The second kappa shape index (κ2) is 7.93. The van der Waals surface area contributed by atoms with E-state index in [2.05, 4.69) is 0 Å². The normalized spacial score (nSPS) is 20.4. The summed E-state index contributed by atoms with van der Waals surface area (Å²) in [4.78, 5) is 14.6. The number of aryl methyl sites for hydroxylation is 1. The van der Waals surface area contributed by atoms with E-state index in [0.29, 0.717) is 12.2 Å². The van der Waals surface area contributed by atoms with Crippen LogP contribution in [-0.2, 0) is 14.8 Å². The number of carbonyl (C=O) groups excluding carboxylic acids is 1. The SMILES string of the molecule is CCC(=O)N1[C@@H](c2ccc(OC)cc2)N(S(=O)(=O)c2ccc(C)cc2)C[C@@H]1C. The van der Waals surface area contributed by atoms with Crippen LogP contribution < -0.4 is 4.74 Å². The van der Waals surface area contributed by atoms with Gasteiger partial charge in [-0.25, -0.2) is 8.42 Å². The Morgan fingerprint density at radius 1 is 1.11 bits per heavy atom. The highest BCUT2D eigenvalue weighted by atomic mass is 32.2. The third-order valence-corrected chi connectivity index (χ3v) is 6.92. The van der Waals surface area contributed by atoms with E-state index >= 15 is 0 Å². The van der Waals surface area contributed by atoms with Crippen molar-refractivity contribution in [3.05, 3.63) is 59.7 Å². The molecule has 2 atom stereocenters. The van der Waals surface area contributed by atoms with Crippen LogP contribution in [0.3, 0.4) is 0 Å². The Hall–Kier alpha value is -2.38. The molecule has 2 aromatic carbocycles. The summed E-state index contributed by atoms with van der Waals surface area (Å²) in [5.74, 6) is 0.603. The van der Waals surface area contributed by atoms with Crippen LogP contribution >= 0.6 is 0 Å². The molecule has 0 radical (unpaired) electrons. The number of benzene rings is 2. The van der Waals surface area contributed by atoms with Crippen LogP contribution in [0.5, 0.6) is 5.75 Å². The minimum Gasteiger partial charge on any atom is -0.497 e. The molecule has 28 heavy (non-hydrogen) atoms. The molecule has 0 bridgehead atoms. The third-order valence-electron chi connectivity index (χ3n) is 5.09.